The van der Waals surface area contributed by atoms with Gasteiger partial charge in [-0.15, -0.1) is 0 Å². The minimum absolute atomic E-state index is 0.0675. The van der Waals surface area contributed by atoms with E-state index in [1.165, 1.54) is 0 Å². The largest absolute Gasteiger partial charge is 0.489 e. The fourth-order valence-corrected chi connectivity index (χ4v) is 4.49. The smallest absolute Gasteiger partial charge is 0.338 e. The van der Waals surface area contributed by atoms with Gasteiger partial charge in [-0.2, -0.15) is 0 Å². The maximum Gasteiger partial charge on any atom is 0.338 e. The van der Waals surface area contributed by atoms with Crippen molar-refractivity contribution in [2.75, 3.05) is 18.1 Å². The molecule has 0 spiro atoms. The number of hydrogen-bond acceptors (Lipinski definition) is 6. The van der Waals surface area contributed by atoms with E-state index in [0.29, 0.717) is 18.6 Å². The summed E-state index contributed by atoms with van der Waals surface area (Å²) >= 11 is 0. The second-order valence-electron chi connectivity index (χ2n) is 6.54. The van der Waals surface area contributed by atoms with Crippen LogP contribution < -0.4 is 10.1 Å². The Morgan fingerprint density at radius 1 is 1.04 bits per heavy atom. The van der Waals surface area contributed by atoms with Crippen LogP contribution in [0.4, 0.5) is 0 Å². The highest BCUT2D eigenvalue weighted by molar-refractivity contribution is 7.91. The number of hydrogen-bond donors (Lipinski definition) is 1. The maximum absolute atomic E-state index is 12.1. The molecule has 0 unspecified atom stereocenters. The van der Waals surface area contributed by atoms with Crippen molar-refractivity contribution in [1.82, 2.24) is 5.32 Å². The fourth-order valence-electron chi connectivity index (χ4n) is 2.81. The SMILES string of the molecule is O=C(COC(=O)c1ccc(COc2ccccc2)cc1)N[C@H]1CCS(=O)(=O)C1. The summed E-state index contributed by atoms with van der Waals surface area (Å²) in [6.45, 7) is -0.0830. The van der Waals surface area contributed by atoms with Crippen molar-refractivity contribution in [3.8, 4) is 5.75 Å². The molecule has 7 nitrogen and oxygen atoms in total. The van der Waals surface area contributed by atoms with Crippen LogP contribution in [0.2, 0.25) is 0 Å². The van der Waals surface area contributed by atoms with E-state index in [2.05, 4.69) is 5.32 Å². The summed E-state index contributed by atoms with van der Waals surface area (Å²) in [6.07, 6.45) is 0.383. The van der Waals surface area contributed by atoms with Crippen LogP contribution >= 0.6 is 0 Å². The first-order valence-electron chi connectivity index (χ1n) is 8.85. The van der Waals surface area contributed by atoms with E-state index in [1.807, 2.05) is 30.3 Å². The number of carbonyl (C=O) groups is 2. The number of rotatable bonds is 7. The second-order valence-corrected chi connectivity index (χ2v) is 8.77. The van der Waals surface area contributed by atoms with Crippen molar-refractivity contribution in [2.24, 2.45) is 0 Å². The van der Waals surface area contributed by atoms with E-state index in [-0.39, 0.29) is 11.5 Å². The van der Waals surface area contributed by atoms with Crippen LogP contribution in [0, 0.1) is 0 Å². The third-order valence-corrected chi connectivity index (χ3v) is 6.04. The van der Waals surface area contributed by atoms with Crippen LogP contribution in [0.25, 0.3) is 0 Å². The van der Waals surface area contributed by atoms with Gasteiger partial charge in [0.25, 0.3) is 5.91 Å². The predicted molar refractivity (Wildman–Crippen MR) is 103 cm³/mol. The quantitative estimate of drug-likeness (QED) is 0.707. The number of benzene rings is 2. The zero-order chi connectivity index (χ0) is 20.0. The lowest BCUT2D eigenvalue weighted by Gasteiger charge is -2.11. The van der Waals surface area contributed by atoms with Gasteiger partial charge in [-0.05, 0) is 36.2 Å². The Hall–Kier alpha value is -2.87. The lowest BCUT2D eigenvalue weighted by atomic mass is 10.1. The summed E-state index contributed by atoms with van der Waals surface area (Å²) in [5.41, 5.74) is 1.21. The molecule has 0 radical (unpaired) electrons. The lowest BCUT2D eigenvalue weighted by molar-refractivity contribution is -0.124. The first-order valence-corrected chi connectivity index (χ1v) is 10.7. The van der Waals surface area contributed by atoms with Crippen molar-refractivity contribution in [1.29, 1.82) is 0 Å². The molecule has 2 aromatic rings. The third kappa shape index (κ3) is 5.82. The monoisotopic (exact) mass is 403 g/mol. The Kier molecular flexibility index (Phi) is 6.30. The number of para-hydroxylation sites is 1. The molecule has 1 fully saturated rings. The van der Waals surface area contributed by atoms with E-state index in [9.17, 15) is 18.0 Å². The highest BCUT2D eigenvalue weighted by atomic mass is 32.2. The highest BCUT2D eigenvalue weighted by Gasteiger charge is 2.29. The molecule has 0 aromatic heterocycles. The van der Waals surface area contributed by atoms with Crippen molar-refractivity contribution in [2.45, 2.75) is 19.1 Å². The van der Waals surface area contributed by atoms with Crippen LogP contribution in [-0.4, -0.2) is 44.4 Å². The number of sulfone groups is 1. The summed E-state index contributed by atoms with van der Waals surface area (Å²) in [4.78, 5) is 23.9. The van der Waals surface area contributed by atoms with Gasteiger partial charge in [0, 0.05) is 6.04 Å². The van der Waals surface area contributed by atoms with Gasteiger partial charge >= 0.3 is 5.97 Å². The molecule has 1 heterocycles. The molecule has 28 heavy (non-hydrogen) atoms. The molecular weight excluding hydrogens is 382 g/mol. The minimum atomic E-state index is -3.07. The summed E-state index contributed by atoms with van der Waals surface area (Å²) in [6, 6.07) is 15.7. The Morgan fingerprint density at radius 2 is 1.75 bits per heavy atom. The topological polar surface area (TPSA) is 98.8 Å². The van der Waals surface area contributed by atoms with Crippen molar-refractivity contribution >= 4 is 21.7 Å². The van der Waals surface area contributed by atoms with Gasteiger partial charge in [0.1, 0.15) is 12.4 Å². The van der Waals surface area contributed by atoms with Crippen LogP contribution in [0.3, 0.4) is 0 Å². The zero-order valence-electron chi connectivity index (χ0n) is 15.2. The number of carbonyl (C=O) groups excluding carboxylic acids is 2. The van der Waals surface area contributed by atoms with Crippen LogP contribution in [-0.2, 0) is 26.0 Å². The first-order chi connectivity index (χ1) is 13.4. The summed E-state index contributed by atoms with van der Waals surface area (Å²) in [5.74, 6) is -0.378. The van der Waals surface area contributed by atoms with Crippen molar-refractivity contribution in [3.05, 3.63) is 65.7 Å². The van der Waals surface area contributed by atoms with Gasteiger partial charge in [-0.1, -0.05) is 30.3 Å². The molecule has 0 aliphatic carbocycles. The number of amides is 1. The Balaban J connectivity index is 1.43. The van der Waals surface area contributed by atoms with Crippen LogP contribution in [0.1, 0.15) is 22.3 Å². The number of esters is 1. The Labute approximate surface area is 163 Å². The standard InChI is InChI=1S/C20H21NO6S/c22-19(21-17-10-11-28(24,25)14-17)13-27-20(23)16-8-6-15(7-9-16)12-26-18-4-2-1-3-5-18/h1-9,17H,10-14H2,(H,21,22)/t17-/m0/s1. The fraction of sp³-hybridized carbons (Fsp3) is 0.300. The van der Waals surface area contributed by atoms with Crippen LogP contribution in [0.5, 0.6) is 5.75 Å². The molecule has 0 saturated carbocycles. The molecule has 1 amide bonds. The van der Waals surface area contributed by atoms with Gasteiger partial charge in [0.2, 0.25) is 0 Å². The zero-order valence-corrected chi connectivity index (χ0v) is 16.0. The molecule has 1 atom stereocenters. The van der Waals surface area contributed by atoms with Gasteiger partial charge in [-0.25, -0.2) is 13.2 Å². The lowest BCUT2D eigenvalue weighted by Crippen LogP contribution is -2.38. The van der Waals surface area contributed by atoms with Gasteiger partial charge in [-0.3, -0.25) is 4.79 Å². The normalized spacial score (nSPS) is 17.6. The Bertz CT molecular complexity index is 925. The Morgan fingerprint density at radius 3 is 2.39 bits per heavy atom. The predicted octanol–water partition coefficient (Wildman–Crippen LogP) is 1.73. The van der Waals surface area contributed by atoms with Crippen molar-refractivity contribution in [3.63, 3.8) is 0 Å². The molecular formula is C20H21NO6S. The molecule has 0 bridgehead atoms. The number of ether oxygens (including phenoxy) is 2. The third-order valence-electron chi connectivity index (χ3n) is 4.27. The summed E-state index contributed by atoms with van der Waals surface area (Å²) in [5, 5.41) is 2.57. The molecule has 3 rings (SSSR count). The van der Waals surface area contributed by atoms with Gasteiger partial charge < -0.3 is 14.8 Å². The average Bonchev–Trinajstić information content (AvgIpc) is 3.04. The van der Waals surface area contributed by atoms with E-state index >= 15 is 0 Å². The van der Waals surface area contributed by atoms with Gasteiger partial charge in [0.05, 0.1) is 17.1 Å². The van der Waals surface area contributed by atoms with E-state index in [4.69, 9.17) is 9.47 Å². The summed E-state index contributed by atoms with van der Waals surface area (Å²) < 4.78 is 33.4. The molecule has 8 heteroatoms. The van der Waals surface area contributed by atoms with E-state index < -0.39 is 34.4 Å². The highest BCUT2D eigenvalue weighted by Crippen LogP contribution is 2.13. The average molecular weight is 403 g/mol. The van der Waals surface area contributed by atoms with E-state index in [1.54, 1.807) is 24.3 Å². The van der Waals surface area contributed by atoms with Gasteiger partial charge in [0.15, 0.2) is 16.4 Å². The minimum Gasteiger partial charge on any atom is -0.489 e. The number of nitrogens with one attached hydrogen (secondary N) is 1. The molecule has 1 N–H and O–H groups in total. The molecule has 1 aliphatic heterocycles. The molecule has 1 aliphatic rings. The van der Waals surface area contributed by atoms with E-state index in [0.717, 1.165) is 11.3 Å². The second kappa shape index (κ2) is 8.88. The maximum atomic E-state index is 12.1. The molecule has 2 aromatic carbocycles. The van der Waals surface area contributed by atoms with Crippen molar-refractivity contribution < 1.29 is 27.5 Å². The summed E-state index contributed by atoms with van der Waals surface area (Å²) in [7, 11) is -3.07. The molecule has 1 saturated heterocycles. The first kappa shape index (κ1) is 19.9. The van der Waals surface area contributed by atoms with Crippen LogP contribution in [0.15, 0.2) is 54.6 Å². The molecule has 148 valence electrons.